The molecule has 132 valence electrons. The van der Waals surface area contributed by atoms with Crippen molar-refractivity contribution in [1.29, 1.82) is 0 Å². The first-order chi connectivity index (χ1) is 12.5. The Labute approximate surface area is 160 Å². The number of nitro groups is 1. The number of nitro benzene ring substituents is 1. The van der Waals surface area contributed by atoms with E-state index in [9.17, 15) is 14.9 Å². The number of nitrogens with one attached hydrogen (secondary N) is 1. The van der Waals surface area contributed by atoms with Crippen LogP contribution < -0.4 is 10.1 Å². The maximum absolute atomic E-state index is 12.4. The van der Waals surface area contributed by atoms with E-state index in [1.807, 2.05) is 29.6 Å². The van der Waals surface area contributed by atoms with E-state index >= 15 is 0 Å². The van der Waals surface area contributed by atoms with Gasteiger partial charge in [-0.2, -0.15) is 0 Å². The van der Waals surface area contributed by atoms with Gasteiger partial charge in [-0.1, -0.05) is 28.1 Å². The Balaban J connectivity index is 1.79. The highest BCUT2D eigenvalue weighted by atomic mass is 79.9. The fourth-order valence-corrected chi connectivity index (χ4v) is 3.21. The molecule has 1 heterocycles. The third-order valence-corrected chi connectivity index (χ3v) is 4.79. The predicted octanol–water partition coefficient (Wildman–Crippen LogP) is 4.74. The van der Waals surface area contributed by atoms with E-state index in [4.69, 9.17) is 4.74 Å². The minimum atomic E-state index is -0.593. The van der Waals surface area contributed by atoms with Crippen molar-refractivity contribution in [2.45, 2.75) is 0 Å². The maximum atomic E-state index is 12.4. The molecule has 2 aromatic carbocycles. The van der Waals surface area contributed by atoms with Crippen molar-refractivity contribution in [2.24, 2.45) is 0 Å². The van der Waals surface area contributed by atoms with Crippen LogP contribution in [0.15, 0.2) is 52.3 Å². The second kappa shape index (κ2) is 7.63. The average molecular weight is 434 g/mol. The fourth-order valence-electron chi connectivity index (χ4n) is 2.23. The third kappa shape index (κ3) is 3.89. The number of aromatic nitrogens is 1. The van der Waals surface area contributed by atoms with Crippen molar-refractivity contribution < 1.29 is 14.5 Å². The van der Waals surface area contributed by atoms with Gasteiger partial charge in [0.2, 0.25) is 0 Å². The molecule has 0 saturated heterocycles. The molecular weight excluding hydrogens is 422 g/mol. The zero-order valence-electron chi connectivity index (χ0n) is 13.4. The summed E-state index contributed by atoms with van der Waals surface area (Å²) in [6, 6.07) is 11.7. The minimum Gasteiger partial charge on any atom is -0.490 e. The number of benzene rings is 2. The summed E-state index contributed by atoms with van der Waals surface area (Å²) in [4.78, 5) is 27.2. The largest absolute Gasteiger partial charge is 0.490 e. The monoisotopic (exact) mass is 433 g/mol. The summed E-state index contributed by atoms with van der Waals surface area (Å²) >= 11 is 4.65. The van der Waals surface area contributed by atoms with Crippen LogP contribution >= 0.6 is 27.3 Å². The quantitative estimate of drug-likeness (QED) is 0.462. The first-order valence-electron chi connectivity index (χ1n) is 7.33. The molecule has 0 radical (unpaired) electrons. The van der Waals surface area contributed by atoms with Gasteiger partial charge in [-0.15, -0.1) is 11.3 Å². The van der Waals surface area contributed by atoms with Gasteiger partial charge < -0.3 is 4.74 Å². The van der Waals surface area contributed by atoms with Crippen LogP contribution in [0.2, 0.25) is 0 Å². The van der Waals surface area contributed by atoms with Gasteiger partial charge in [0.15, 0.2) is 10.9 Å². The molecule has 1 amide bonds. The van der Waals surface area contributed by atoms with Crippen LogP contribution in [-0.2, 0) is 0 Å². The van der Waals surface area contributed by atoms with Crippen molar-refractivity contribution in [3.63, 3.8) is 0 Å². The topological polar surface area (TPSA) is 94.4 Å². The maximum Gasteiger partial charge on any atom is 0.311 e. The Hall–Kier alpha value is -2.78. The highest BCUT2D eigenvalue weighted by Crippen LogP contribution is 2.29. The number of carbonyl (C=O) groups is 1. The van der Waals surface area contributed by atoms with Crippen LogP contribution in [0.25, 0.3) is 11.3 Å². The number of nitrogens with zero attached hydrogens (tertiary/aromatic N) is 2. The number of thiazole rings is 1. The summed E-state index contributed by atoms with van der Waals surface area (Å²) in [6.07, 6.45) is 0. The Morgan fingerprint density at radius 2 is 2.00 bits per heavy atom. The number of ether oxygens (including phenoxy) is 1. The molecule has 0 bridgehead atoms. The lowest BCUT2D eigenvalue weighted by Gasteiger charge is -2.05. The molecular formula is C17H12BrN3O4S. The molecule has 9 heteroatoms. The number of carbonyl (C=O) groups excluding carboxylic acids is 1. The van der Waals surface area contributed by atoms with Crippen molar-refractivity contribution in [3.05, 3.63) is 68.0 Å². The number of methoxy groups -OCH3 is 1. The Kier molecular flexibility index (Phi) is 5.29. The Morgan fingerprint density at radius 3 is 2.65 bits per heavy atom. The van der Waals surface area contributed by atoms with E-state index in [-0.39, 0.29) is 17.0 Å². The minimum absolute atomic E-state index is 0.0957. The van der Waals surface area contributed by atoms with Gasteiger partial charge in [0, 0.05) is 27.0 Å². The van der Waals surface area contributed by atoms with E-state index < -0.39 is 10.8 Å². The van der Waals surface area contributed by atoms with Gasteiger partial charge in [-0.3, -0.25) is 20.2 Å². The number of hydrogen-bond acceptors (Lipinski definition) is 6. The van der Waals surface area contributed by atoms with Crippen LogP contribution in [0.3, 0.4) is 0 Å². The lowest BCUT2D eigenvalue weighted by molar-refractivity contribution is -0.385. The van der Waals surface area contributed by atoms with E-state index in [0.29, 0.717) is 5.13 Å². The number of halogens is 1. The van der Waals surface area contributed by atoms with Crippen molar-refractivity contribution in [3.8, 4) is 17.0 Å². The molecule has 7 nitrogen and oxygen atoms in total. The highest BCUT2D eigenvalue weighted by Gasteiger charge is 2.19. The number of anilines is 1. The number of hydrogen-bond donors (Lipinski definition) is 1. The van der Waals surface area contributed by atoms with E-state index in [1.165, 1.54) is 36.6 Å². The van der Waals surface area contributed by atoms with Crippen LogP contribution in [0.4, 0.5) is 10.8 Å². The molecule has 0 spiro atoms. The lowest BCUT2D eigenvalue weighted by atomic mass is 10.1. The van der Waals surface area contributed by atoms with Crippen LogP contribution in [-0.4, -0.2) is 22.9 Å². The molecule has 0 unspecified atom stereocenters. The first-order valence-corrected chi connectivity index (χ1v) is 9.00. The molecule has 0 aliphatic carbocycles. The summed E-state index contributed by atoms with van der Waals surface area (Å²) < 4.78 is 5.90. The fraction of sp³-hybridized carbons (Fsp3) is 0.0588. The highest BCUT2D eigenvalue weighted by molar-refractivity contribution is 9.10. The van der Waals surface area contributed by atoms with E-state index in [1.54, 1.807) is 0 Å². The van der Waals surface area contributed by atoms with Gasteiger partial charge >= 0.3 is 5.69 Å². The summed E-state index contributed by atoms with van der Waals surface area (Å²) in [6.45, 7) is 0. The Morgan fingerprint density at radius 1 is 1.27 bits per heavy atom. The standard InChI is InChI=1S/C17H12BrN3O4S/c1-25-15-7-4-11(8-14(15)21(23)24)16(22)20-17-19-13(9-26-17)10-2-5-12(18)6-3-10/h2-9H,1H3,(H,19,20,22). The van der Waals surface area contributed by atoms with Crippen LogP contribution in [0, 0.1) is 10.1 Å². The molecule has 0 aliphatic heterocycles. The summed E-state index contributed by atoms with van der Waals surface area (Å²) in [5.41, 5.74) is 1.54. The van der Waals surface area contributed by atoms with Crippen LogP contribution in [0.1, 0.15) is 10.4 Å². The molecule has 1 aromatic heterocycles. The first kappa shape index (κ1) is 18.0. The van der Waals surface area contributed by atoms with Crippen LogP contribution in [0.5, 0.6) is 5.75 Å². The molecule has 0 atom stereocenters. The summed E-state index contributed by atoms with van der Waals surface area (Å²) in [5, 5.41) is 16.0. The molecule has 0 saturated carbocycles. The van der Waals surface area contributed by atoms with Crippen molar-refractivity contribution >= 4 is 44.0 Å². The normalized spacial score (nSPS) is 10.4. The SMILES string of the molecule is COc1ccc(C(=O)Nc2nc(-c3ccc(Br)cc3)cs2)cc1[N+](=O)[O-]. The molecule has 1 N–H and O–H groups in total. The molecule has 3 rings (SSSR count). The molecule has 0 fully saturated rings. The number of amides is 1. The Bertz CT molecular complexity index is 972. The molecule has 26 heavy (non-hydrogen) atoms. The van der Waals surface area contributed by atoms with Crippen molar-refractivity contribution in [1.82, 2.24) is 4.98 Å². The zero-order chi connectivity index (χ0) is 18.7. The van der Waals surface area contributed by atoms with Gasteiger partial charge in [0.25, 0.3) is 5.91 Å². The second-order valence-corrected chi connectivity index (χ2v) is 6.92. The van der Waals surface area contributed by atoms with Gasteiger partial charge in [0.05, 0.1) is 17.7 Å². The summed E-state index contributed by atoms with van der Waals surface area (Å²) in [7, 11) is 1.33. The third-order valence-electron chi connectivity index (χ3n) is 3.50. The van der Waals surface area contributed by atoms with Gasteiger partial charge in [-0.05, 0) is 24.3 Å². The average Bonchev–Trinajstić information content (AvgIpc) is 3.10. The second-order valence-electron chi connectivity index (χ2n) is 5.14. The van der Waals surface area contributed by atoms with Crippen molar-refractivity contribution in [2.75, 3.05) is 12.4 Å². The van der Waals surface area contributed by atoms with E-state index in [0.717, 1.165) is 15.7 Å². The zero-order valence-corrected chi connectivity index (χ0v) is 15.8. The lowest BCUT2D eigenvalue weighted by Crippen LogP contribution is -2.12. The summed E-state index contributed by atoms with van der Waals surface area (Å²) in [5.74, 6) is -0.384. The molecule has 0 aliphatic rings. The van der Waals surface area contributed by atoms with E-state index in [2.05, 4.69) is 26.2 Å². The van der Waals surface area contributed by atoms with Gasteiger partial charge in [-0.25, -0.2) is 4.98 Å². The van der Waals surface area contributed by atoms with Gasteiger partial charge in [0.1, 0.15) is 0 Å². The number of rotatable bonds is 5. The predicted molar refractivity (Wildman–Crippen MR) is 103 cm³/mol. The molecule has 3 aromatic rings. The smallest absolute Gasteiger partial charge is 0.311 e.